The Balaban J connectivity index is 2.74. The molecule has 0 saturated carbocycles. The molecule has 16 heavy (non-hydrogen) atoms. The first-order valence-corrected chi connectivity index (χ1v) is 5.24. The summed E-state index contributed by atoms with van der Waals surface area (Å²) in [5.74, 6) is 0. The van der Waals surface area contributed by atoms with Crippen molar-refractivity contribution in [3.8, 4) is 11.3 Å². The molecule has 2 N–H and O–H groups in total. The van der Waals surface area contributed by atoms with E-state index in [4.69, 9.17) is 12.2 Å². The van der Waals surface area contributed by atoms with Crippen LogP contribution in [0.15, 0.2) is 23.3 Å². The fourth-order valence-electron chi connectivity index (χ4n) is 1.68. The van der Waals surface area contributed by atoms with E-state index in [0.717, 1.165) is 16.8 Å². The zero-order valence-corrected chi connectivity index (χ0v) is 9.81. The lowest BCUT2D eigenvalue weighted by molar-refractivity contribution is 1.10. The Kier molecular flexibility index (Phi) is 2.70. The van der Waals surface area contributed by atoms with Gasteiger partial charge in [0.2, 0.25) is 0 Å². The van der Waals surface area contributed by atoms with Crippen LogP contribution in [0.1, 0.15) is 11.3 Å². The standard InChI is InChI=1S/C11H11N3OS/c1-6-3-7(2)14-11(16)10(6)8-4-9(15)13-5-12-8/h3-5H,1-2H3,(H,14,16)(H,12,13,15). The Morgan fingerprint density at radius 2 is 2.06 bits per heavy atom. The summed E-state index contributed by atoms with van der Waals surface area (Å²) in [6, 6.07) is 3.43. The van der Waals surface area contributed by atoms with Crippen LogP contribution in [0.25, 0.3) is 11.3 Å². The van der Waals surface area contributed by atoms with E-state index < -0.39 is 0 Å². The third-order valence-corrected chi connectivity index (χ3v) is 2.61. The van der Waals surface area contributed by atoms with E-state index in [2.05, 4.69) is 15.0 Å². The molecule has 2 aromatic rings. The van der Waals surface area contributed by atoms with E-state index in [1.54, 1.807) is 0 Å². The number of nitrogens with zero attached hydrogens (tertiary/aromatic N) is 1. The van der Waals surface area contributed by atoms with Crippen molar-refractivity contribution in [3.63, 3.8) is 0 Å². The highest BCUT2D eigenvalue weighted by Gasteiger charge is 2.06. The second kappa shape index (κ2) is 4.02. The molecule has 2 rings (SSSR count). The average molecular weight is 233 g/mol. The zero-order chi connectivity index (χ0) is 11.7. The molecule has 0 atom stereocenters. The lowest BCUT2D eigenvalue weighted by Crippen LogP contribution is -2.05. The number of aromatic amines is 2. The van der Waals surface area contributed by atoms with Crippen LogP contribution >= 0.6 is 12.2 Å². The Morgan fingerprint density at radius 1 is 1.31 bits per heavy atom. The van der Waals surface area contributed by atoms with Gasteiger partial charge in [-0.15, -0.1) is 0 Å². The maximum absolute atomic E-state index is 11.2. The highest BCUT2D eigenvalue weighted by atomic mass is 32.1. The lowest BCUT2D eigenvalue weighted by Gasteiger charge is -2.06. The maximum atomic E-state index is 11.2. The highest BCUT2D eigenvalue weighted by Crippen LogP contribution is 2.21. The first-order chi connectivity index (χ1) is 7.58. The third kappa shape index (κ3) is 1.94. The Labute approximate surface area is 97.4 Å². The summed E-state index contributed by atoms with van der Waals surface area (Å²) in [4.78, 5) is 20.9. The van der Waals surface area contributed by atoms with E-state index >= 15 is 0 Å². The topological polar surface area (TPSA) is 61.5 Å². The van der Waals surface area contributed by atoms with Crippen molar-refractivity contribution in [1.82, 2.24) is 15.0 Å². The van der Waals surface area contributed by atoms with E-state index in [1.807, 2.05) is 19.9 Å². The van der Waals surface area contributed by atoms with Gasteiger partial charge in [0.25, 0.3) is 5.56 Å². The van der Waals surface area contributed by atoms with Crippen molar-refractivity contribution in [2.45, 2.75) is 13.8 Å². The van der Waals surface area contributed by atoms with E-state index in [9.17, 15) is 4.79 Å². The van der Waals surface area contributed by atoms with Crippen LogP contribution in [0.2, 0.25) is 0 Å². The molecule has 0 fully saturated rings. The van der Waals surface area contributed by atoms with Crippen LogP contribution in [0.5, 0.6) is 0 Å². The van der Waals surface area contributed by atoms with Crippen molar-refractivity contribution in [3.05, 3.63) is 44.7 Å². The molecule has 2 aromatic heterocycles. The minimum Gasteiger partial charge on any atom is -0.350 e. The van der Waals surface area contributed by atoms with Crippen LogP contribution in [0.4, 0.5) is 0 Å². The van der Waals surface area contributed by atoms with Crippen LogP contribution in [0, 0.1) is 18.5 Å². The van der Waals surface area contributed by atoms with Gasteiger partial charge in [-0.2, -0.15) is 0 Å². The number of hydrogen-bond acceptors (Lipinski definition) is 3. The number of H-pyrrole nitrogens is 2. The summed E-state index contributed by atoms with van der Waals surface area (Å²) in [6.07, 6.45) is 1.38. The number of hydrogen-bond donors (Lipinski definition) is 2. The minimum atomic E-state index is -0.181. The van der Waals surface area contributed by atoms with Gasteiger partial charge in [-0.05, 0) is 25.5 Å². The molecular formula is C11H11N3OS. The van der Waals surface area contributed by atoms with Crippen LogP contribution < -0.4 is 5.56 Å². The first-order valence-electron chi connectivity index (χ1n) is 4.83. The Hall–Kier alpha value is -1.75. The molecule has 0 saturated heterocycles. The van der Waals surface area contributed by atoms with Crippen molar-refractivity contribution in [1.29, 1.82) is 0 Å². The van der Waals surface area contributed by atoms with Gasteiger partial charge in [-0.1, -0.05) is 12.2 Å². The van der Waals surface area contributed by atoms with Gasteiger partial charge in [0.05, 0.1) is 12.0 Å². The van der Waals surface area contributed by atoms with Gasteiger partial charge in [-0.3, -0.25) is 4.79 Å². The summed E-state index contributed by atoms with van der Waals surface area (Å²) in [7, 11) is 0. The van der Waals surface area contributed by atoms with Gasteiger partial charge >= 0.3 is 0 Å². The smallest absolute Gasteiger partial charge is 0.251 e. The van der Waals surface area contributed by atoms with Gasteiger partial charge in [0, 0.05) is 17.3 Å². The van der Waals surface area contributed by atoms with E-state index in [-0.39, 0.29) is 5.56 Å². The van der Waals surface area contributed by atoms with Crippen molar-refractivity contribution < 1.29 is 0 Å². The Bertz CT molecular complexity index is 642. The molecule has 4 nitrogen and oxygen atoms in total. The first kappa shape index (κ1) is 10.8. The van der Waals surface area contributed by atoms with E-state index in [0.29, 0.717) is 10.3 Å². The van der Waals surface area contributed by atoms with Gasteiger partial charge in [0.1, 0.15) is 4.64 Å². The van der Waals surface area contributed by atoms with Crippen LogP contribution in [-0.4, -0.2) is 15.0 Å². The molecule has 0 aliphatic rings. The maximum Gasteiger partial charge on any atom is 0.251 e. The molecule has 82 valence electrons. The number of aryl methyl sites for hydroxylation is 2. The molecule has 0 spiro atoms. The zero-order valence-electron chi connectivity index (χ0n) is 9.00. The fraction of sp³-hybridized carbons (Fsp3) is 0.182. The molecule has 0 radical (unpaired) electrons. The SMILES string of the molecule is Cc1cc(C)c(-c2cc(=O)[nH]cn2)c(=S)[nH]1. The second-order valence-corrected chi connectivity index (χ2v) is 4.04. The van der Waals surface area contributed by atoms with Gasteiger partial charge < -0.3 is 9.97 Å². The summed E-state index contributed by atoms with van der Waals surface area (Å²) >= 11 is 5.24. The lowest BCUT2D eigenvalue weighted by atomic mass is 10.1. The fourth-order valence-corrected chi connectivity index (χ4v) is 2.10. The summed E-state index contributed by atoms with van der Waals surface area (Å²) in [6.45, 7) is 3.90. The minimum absolute atomic E-state index is 0.181. The molecule has 0 aliphatic carbocycles. The number of rotatable bonds is 1. The largest absolute Gasteiger partial charge is 0.350 e. The molecule has 0 amide bonds. The molecule has 0 unspecified atom stereocenters. The summed E-state index contributed by atoms with van der Waals surface area (Å²) in [5, 5.41) is 0. The summed E-state index contributed by atoms with van der Waals surface area (Å²) < 4.78 is 0.607. The molecular weight excluding hydrogens is 222 g/mol. The molecule has 0 bridgehead atoms. The second-order valence-electron chi connectivity index (χ2n) is 3.64. The monoisotopic (exact) mass is 233 g/mol. The number of nitrogens with one attached hydrogen (secondary N) is 2. The molecule has 0 aromatic carbocycles. The van der Waals surface area contributed by atoms with Crippen LogP contribution in [0.3, 0.4) is 0 Å². The number of pyridine rings is 1. The quantitative estimate of drug-likeness (QED) is 0.741. The predicted octanol–water partition coefficient (Wildman–Crippen LogP) is 2.11. The van der Waals surface area contributed by atoms with Crippen molar-refractivity contribution >= 4 is 12.2 Å². The highest BCUT2D eigenvalue weighted by molar-refractivity contribution is 7.71. The predicted molar refractivity (Wildman–Crippen MR) is 65.0 cm³/mol. The van der Waals surface area contributed by atoms with Gasteiger partial charge in [-0.25, -0.2) is 4.98 Å². The van der Waals surface area contributed by atoms with Gasteiger partial charge in [0.15, 0.2) is 0 Å². The Morgan fingerprint density at radius 3 is 2.69 bits per heavy atom. The van der Waals surface area contributed by atoms with E-state index in [1.165, 1.54) is 12.4 Å². The summed E-state index contributed by atoms with van der Waals surface area (Å²) in [5.41, 5.74) is 3.24. The molecule has 5 heteroatoms. The molecule has 2 heterocycles. The van der Waals surface area contributed by atoms with Crippen LogP contribution in [-0.2, 0) is 0 Å². The third-order valence-electron chi connectivity index (χ3n) is 2.30. The normalized spacial score (nSPS) is 10.4. The molecule has 0 aliphatic heterocycles. The average Bonchev–Trinajstić information content (AvgIpc) is 2.15. The van der Waals surface area contributed by atoms with Crippen molar-refractivity contribution in [2.75, 3.05) is 0 Å². The van der Waals surface area contributed by atoms with Crippen molar-refractivity contribution in [2.24, 2.45) is 0 Å². The number of aromatic nitrogens is 3.